The lowest BCUT2D eigenvalue weighted by molar-refractivity contribution is 0.00398. The fraction of sp³-hybridized carbons (Fsp3) is 0. The third-order valence-corrected chi connectivity index (χ3v) is 3.38. The van der Waals surface area contributed by atoms with E-state index in [1.54, 1.807) is 0 Å². The van der Waals surface area contributed by atoms with Crippen LogP contribution in [0.25, 0.3) is 38.1 Å². The molecule has 0 radical (unpaired) electrons. The van der Waals surface area contributed by atoms with E-state index in [0.717, 1.165) is 16.4 Å². The zero-order chi connectivity index (χ0) is 12.8. The normalized spacial score (nSPS) is 11.2. The van der Waals surface area contributed by atoms with Gasteiger partial charge in [0.1, 0.15) is 0 Å². The van der Waals surface area contributed by atoms with Crippen LogP contribution in [-0.4, -0.2) is 21.0 Å². The first-order chi connectivity index (χ1) is 9.36. The van der Waals surface area contributed by atoms with Crippen molar-refractivity contribution in [1.29, 1.82) is 0 Å². The second-order valence-electron chi connectivity index (χ2n) is 4.45. The Morgan fingerprint density at radius 3 is 2.05 bits per heavy atom. The van der Waals surface area contributed by atoms with Gasteiger partial charge in [0.2, 0.25) is 5.82 Å². The zero-order valence-corrected chi connectivity index (χ0v) is 9.91. The Morgan fingerprint density at radius 1 is 0.842 bits per heavy atom. The highest BCUT2D eigenvalue weighted by Gasteiger charge is 2.11. The quantitative estimate of drug-likeness (QED) is 0.223. The Labute approximate surface area is 108 Å². The summed E-state index contributed by atoms with van der Waals surface area (Å²) in [6.07, 6.45) is 1.24. The average molecular weight is 244 g/mol. The van der Waals surface area contributed by atoms with Crippen molar-refractivity contribution < 1.29 is 4.79 Å². The van der Waals surface area contributed by atoms with E-state index in [2.05, 4.69) is 39.0 Å². The van der Waals surface area contributed by atoms with Crippen LogP contribution in [-0.2, 0) is 0 Å². The molecule has 0 aliphatic heterocycles. The molecule has 0 bridgehead atoms. The molecule has 19 heavy (non-hydrogen) atoms. The van der Waals surface area contributed by atoms with Gasteiger partial charge in [-0.3, -0.25) is 0 Å². The lowest BCUT2D eigenvalue weighted by atomic mass is 9.99. The predicted molar refractivity (Wildman–Crippen MR) is 74.5 cm³/mol. The molecule has 0 spiro atoms. The number of benzene rings is 3. The van der Waals surface area contributed by atoms with Gasteiger partial charge in [-0.05, 0) is 22.9 Å². The lowest BCUT2D eigenvalue weighted by Crippen LogP contribution is -1.96. The maximum atomic E-state index is 8.61. The smallest absolute Gasteiger partial charge is 0.324 e. The maximum absolute atomic E-state index is 8.61. The van der Waals surface area contributed by atoms with Crippen LogP contribution in [0.4, 0.5) is 0 Å². The van der Waals surface area contributed by atoms with E-state index < -0.39 is 0 Å². The van der Waals surface area contributed by atoms with E-state index >= 15 is 0 Å². The summed E-state index contributed by atoms with van der Waals surface area (Å²) in [5, 5.41) is 4.61. The van der Waals surface area contributed by atoms with Gasteiger partial charge in [-0.25, -0.2) is 9.97 Å². The molecule has 0 saturated heterocycles. The summed E-state index contributed by atoms with van der Waals surface area (Å²) in [4.78, 5) is 11.8. The second-order valence-corrected chi connectivity index (χ2v) is 4.45. The molecule has 0 saturated carbocycles. The van der Waals surface area contributed by atoms with E-state index in [1.807, 2.05) is 18.2 Å². The minimum atomic E-state index is 0.411. The van der Waals surface area contributed by atoms with Crippen molar-refractivity contribution in [1.82, 2.24) is 9.97 Å². The summed E-state index contributed by atoms with van der Waals surface area (Å²) in [5.41, 5.74) is 10.3. The van der Waals surface area contributed by atoms with Gasteiger partial charge in [-0.15, -0.1) is 0 Å². The Bertz CT molecular complexity index is 904. The molecule has 0 aliphatic carbocycles. The minimum absolute atomic E-state index is 0.411. The van der Waals surface area contributed by atoms with Crippen molar-refractivity contribution in [3.8, 4) is 0 Å². The summed E-state index contributed by atoms with van der Waals surface area (Å²) in [7, 11) is 0. The van der Waals surface area contributed by atoms with Gasteiger partial charge in [0.15, 0.2) is 0 Å². The van der Waals surface area contributed by atoms with Crippen molar-refractivity contribution in [2.75, 3.05) is 0 Å². The molecule has 4 rings (SSSR count). The molecule has 4 aromatic rings. The van der Waals surface area contributed by atoms with Crippen molar-refractivity contribution in [3.05, 3.63) is 53.8 Å². The molecule has 0 fully saturated rings. The van der Waals surface area contributed by atoms with Crippen LogP contribution in [0.5, 0.6) is 0 Å². The van der Waals surface area contributed by atoms with Crippen molar-refractivity contribution in [2.45, 2.75) is 0 Å². The SMILES string of the molecule is [N-]=[N+]=Cc1nc2ccc3cccc4ccc(n1)c2c34. The molecule has 88 valence electrons. The average Bonchev–Trinajstić information content (AvgIpc) is 2.45. The van der Waals surface area contributed by atoms with Crippen LogP contribution in [0.3, 0.4) is 0 Å². The highest BCUT2D eigenvalue weighted by atomic mass is 14.9. The van der Waals surface area contributed by atoms with Gasteiger partial charge in [-0.1, -0.05) is 30.3 Å². The molecule has 4 nitrogen and oxygen atoms in total. The van der Waals surface area contributed by atoms with Crippen molar-refractivity contribution in [2.24, 2.45) is 0 Å². The van der Waals surface area contributed by atoms with Crippen LogP contribution in [0.2, 0.25) is 0 Å². The standard InChI is InChI=1S/C15H8N4/c16-17-8-13-18-11-6-4-9-2-1-3-10-5-7-12(19-13)15(11)14(9)10/h1-8H. The van der Waals surface area contributed by atoms with E-state index in [9.17, 15) is 0 Å². The topological polar surface area (TPSA) is 62.2 Å². The Balaban J connectivity index is 2.31. The molecule has 0 atom stereocenters. The minimum Gasteiger partial charge on any atom is -0.361 e. The molecule has 1 aromatic heterocycles. The van der Waals surface area contributed by atoms with Crippen LogP contribution in [0.15, 0.2) is 42.5 Å². The monoisotopic (exact) mass is 244 g/mol. The largest absolute Gasteiger partial charge is 0.361 e. The molecule has 4 heteroatoms. The van der Waals surface area contributed by atoms with Crippen molar-refractivity contribution in [3.63, 3.8) is 0 Å². The lowest BCUT2D eigenvalue weighted by Gasteiger charge is -2.08. The molecular weight excluding hydrogens is 236 g/mol. The predicted octanol–water partition coefficient (Wildman–Crippen LogP) is 3.02. The maximum Gasteiger partial charge on any atom is 0.324 e. The van der Waals surface area contributed by atoms with Crippen LogP contribution in [0.1, 0.15) is 5.82 Å². The number of nitrogens with zero attached hydrogens (tertiary/aromatic N) is 4. The van der Waals surface area contributed by atoms with Crippen LogP contribution < -0.4 is 0 Å². The third kappa shape index (κ3) is 1.35. The molecule has 1 heterocycles. The summed E-state index contributed by atoms with van der Waals surface area (Å²) in [6, 6.07) is 14.3. The fourth-order valence-electron chi connectivity index (χ4n) is 2.61. The molecule has 0 N–H and O–H groups in total. The number of aromatic nitrogens is 2. The van der Waals surface area contributed by atoms with Gasteiger partial charge in [0, 0.05) is 10.8 Å². The summed E-state index contributed by atoms with van der Waals surface area (Å²) in [6.45, 7) is 0. The van der Waals surface area contributed by atoms with E-state index in [4.69, 9.17) is 5.53 Å². The number of hydrogen-bond donors (Lipinski definition) is 0. The molecule has 0 amide bonds. The van der Waals surface area contributed by atoms with Crippen LogP contribution >= 0.6 is 0 Å². The van der Waals surface area contributed by atoms with E-state index in [-0.39, 0.29) is 0 Å². The van der Waals surface area contributed by atoms with Gasteiger partial charge in [0.05, 0.1) is 11.0 Å². The van der Waals surface area contributed by atoms with Gasteiger partial charge >= 0.3 is 6.21 Å². The molecule has 3 aromatic carbocycles. The zero-order valence-electron chi connectivity index (χ0n) is 9.91. The van der Waals surface area contributed by atoms with E-state index in [0.29, 0.717) is 5.82 Å². The van der Waals surface area contributed by atoms with E-state index in [1.165, 1.54) is 22.4 Å². The fourth-order valence-corrected chi connectivity index (χ4v) is 2.61. The Hall–Kier alpha value is -2.84. The first kappa shape index (κ1) is 10.1. The first-order valence-electron chi connectivity index (χ1n) is 5.96. The number of hydrogen-bond acceptors (Lipinski definition) is 2. The van der Waals surface area contributed by atoms with Crippen molar-refractivity contribution >= 4 is 38.8 Å². The Morgan fingerprint density at radius 2 is 1.47 bits per heavy atom. The molecule has 0 unspecified atom stereocenters. The molecular formula is C15H8N4. The summed E-state index contributed by atoms with van der Waals surface area (Å²) >= 11 is 0. The third-order valence-electron chi connectivity index (χ3n) is 3.38. The molecule has 0 aliphatic rings. The summed E-state index contributed by atoms with van der Waals surface area (Å²) in [5.74, 6) is 0.411. The highest BCUT2D eigenvalue weighted by molar-refractivity contribution is 6.21. The van der Waals surface area contributed by atoms with Gasteiger partial charge in [0.25, 0.3) is 0 Å². The highest BCUT2D eigenvalue weighted by Crippen LogP contribution is 2.32. The van der Waals surface area contributed by atoms with Gasteiger partial charge in [-0.2, -0.15) is 4.79 Å². The number of rotatable bonds is 1. The van der Waals surface area contributed by atoms with Gasteiger partial charge < -0.3 is 5.53 Å². The second kappa shape index (κ2) is 3.57. The summed E-state index contributed by atoms with van der Waals surface area (Å²) < 4.78 is 0. The van der Waals surface area contributed by atoms with Crippen LogP contribution in [0, 0.1) is 0 Å². The Kier molecular flexibility index (Phi) is 1.90. The first-order valence-corrected chi connectivity index (χ1v) is 5.96.